The Balaban J connectivity index is 2.92. The highest BCUT2D eigenvalue weighted by atomic mass is 15.0. The molecular weight excluding hydrogens is 162 g/mol. The minimum absolute atomic E-state index is 0.0193. The summed E-state index contributed by atoms with van der Waals surface area (Å²) >= 11 is 0. The van der Waals surface area contributed by atoms with Crippen molar-refractivity contribution >= 4 is 5.82 Å². The monoisotopic (exact) mass is 179 g/mol. The zero-order valence-electron chi connectivity index (χ0n) is 8.76. The summed E-state index contributed by atoms with van der Waals surface area (Å²) in [6, 6.07) is 1.89. The Kier molecular flexibility index (Phi) is 2.86. The summed E-state index contributed by atoms with van der Waals surface area (Å²) in [5.41, 5.74) is 0.0193. The molecule has 0 aliphatic carbocycles. The lowest BCUT2D eigenvalue weighted by molar-refractivity contribution is 0.546. The topological polar surface area (TPSA) is 37.8 Å². The average Bonchev–Trinajstić information content (AvgIpc) is 2.04. The SMILES string of the molecule is CCNc1ccnc(C(C)(C)C)n1. The molecule has 0 radical (unpaired) electrons. The second-order valence-corrected chi connectivity index (χ2v) is 4.05. The molecule has 0 bridgehead atoms. The summed E-state index contributed by atoms with van der Waals surface area (Å²) in [4.78, 5) is 8.65. The smallest absolute Gasteiger partial charge is 0.135 e. The van der Waals surface area contributed by atoms with Gasteiger partial charge in [-0.05, 0) is 13.0 Å². The van der Waals surface area contributed by atoms with Gasteiger partial charge in [0.25, 0.3) is 0 Å². The van der Waals surface area contributed by atoms with Crippen LogP contribution in [-0.2, 0) is 5.41 Å². The van der Waals surface area contributed by atoms with E-state index >= 15 is 0 Å². The van der Waals surface area contributed by atoms with Crippen LogP contribution in [0.25, 0.3) is 0 Å². The molecule has 0 amide bonds. The number of aromatic nitrogens is 2. The molecule has 3 heteroatoms. The molecule has 1 aromatic heterocycles. The number of rotatable bonds is 2. The summed E-state index contributed by atoms with van der Waals surface area (Å²) in [6.07, 6.45) is 1.80. The summed E-state index contributed by atoms with van der Waals surface area (Å²) in [5.74, 6) is 1.79. The Morgan fingerprint density at radius 1 is 1.38 bits per heavy atom. The minimum atomic E-state index is 0.0193. The third-order valence-electron chi connectivity index (χ3n) is 1.68. The number of nitrogens with one attached hydrogen (secondary N) is 1. The first-order chi connectivity index (χ1) is 6.04. The van der Waals surface area contributed by atoms with Gasteiger partial charge in [0.2, 0.25) is 0 Å². The summed E-state index contributed by atoms with van der Waals surface area (Å²) in [6.45, 7) is 9.27. The predicted molar refractivity (Wildman–Crippen MR) is 54.9 cm³/mol. The van der Waals surface area contributed by atoms with Crippen molar-refractivity contribution in [3.8, 4) is 0 Å². The zero-order valence-corrected chi connectivity index (χ0v) is 8.76. The standard InChI is InChI=1S/C10H17N3/c1-5-11-8-6-7-12-9(13-8)10(2,3)4/h6-7H,5H2,1-4H3,(H,11,12,13). The second-order valence-electron chi connectivity index (χ2n) is 4.05. The molecule has 0 unspecified atom stereocenters. The number of hydrogen-bond acceptors (Lipinski definition) is 3. The Hall–Kier alpha value is -1.12. The van der Waals surface area contributed by atoms with Crippen LogP contribution in [0, 0.1) is 0 Å². The van der Waals surface area contributed by atoms with Gasteiger partial charge in [-0.25, -0.2) is 9.97 Å². The predicted octanol–water partition coefficient (Wildman–Crippen LogP) is 2.21. The van der Waals surface area contributed by atoms with Crippen LogP contribution >= 0.6 is 0 Å². The van der Waals surface area contributed by atoms with Crippen LogP contribution < -0.4 is 5.32 Å². The molecule has 1 rings (SSSR count). The maximum atomic E-state index is 4.41. The average molecular weight is 179 g/mol. The van der Waals surface area contributed by atoms with Crippen LogP contribution in [0.5, 0.6) is 0 Å². The van der Waals surface area contributed by atoms with E-state index in [1.807, 2.05) is 6.07 Å². The molecule has 13 heavy (non-hydrogen) atoms. The van der Waals surface area contributed by atoms with E-state index in [0.29, 0.717) is 0 Å². The van der Waals surface area contributed by atoms with Crippen molar-refractivity contribution in [2.75, 3.05) is 11.9 Å². The first kappa shape index (κ1) is 9.96. The molecule has 1 heterocycles. The first-order valence-corrected chi connectivity index (χ1v) is 4.61. The van der Waals surface area contributed by atoms with Crippen molar-refractivity contribution in [1.29, 1.82) is 0 Å². The van der Waals surface area contributed by atoms with E-state index in [4.69, 9.17) is 0 Å². The quantitative estimate of drug-likeness (QED) is 0.756. The number of nitrogens with zero attached hydrogens (tertiary/aromatic N) is 2. The normalized spacial score (nSPS) is 11.4. The van der Waals surface area contributed by atoms with E-state index in [-0.39, 0.29) is 5.41 Å². The molecule has 0 aliphatic heterocycles. The van der Waals surface area contributed by atoms with Gasteiger partial charge in [0, 0.05) is 18.2 Å². The van der Waals surface area contributed by atoms with E-state index < -0.39 is 0 Å². The van der Waals surface area contributed by atoms with Crippen LogP contribution in [0.2, 0.25) is 0 Å². The van der Waals surface area contributed by atoms with Crippen molar-refractivity contribution in [2.24, 2.45) is 0 Å². The van der Waals surface area contributed by atoms with Gasteiger partial charge in [0.05, 0.1) is 0 Å². The number of hydrogen-bond donors (Lipinski definition) is 1. The van der Waals surface area contributed by atoms with Crippen molar-refractivity contribution in [1.82, 2.24) is 9.97 Å². The lowest BCUT2D eigenvalue weighted by Gasteiger charge is -2.16. The maximum absolute atomic E-state index is 4.41. The molecule has 0 aliphatic rings. The van der Waals surface area contributed by atoms with E-state index in [2.05, 4.69) is 43.0 Å². The van der Waals surface area contributed by atoms with Gasteiger partial charge >= 0.3 is 0 Å². The Morgan fingerprint density at radius 3 is 2.62 bits per heavy atom. The Labute approximate surface area is 79.6 Å². The van der Waals surface area contributed by atoms with Crippen LogP contribution in [0.15, 0.2) is 12.3 Å². The fraction of sp³-hybridized carbons (Fsp3) is 0.600. The zero-order chi connectivity index (χ0) is 9.90. The van der Waals surface area contributed by atoms with Crippen molar-refractivity contribution < 1.29 is 0 Å². The van der Waals surface area contributed by atoms with Gasteiger partial charge in [0.1, 0.15) is 11.6 Å². The fourth-order valence-electron chi connectivity index (χ4n) is 1.000. The van der Waals surface area contributed by atoms with E-state index in [9.17, 15) is 0 Å². The molecule has 1 N–H and O–H groups in total. The third-order valence-corrected chi connectivity index (χ3v) is 1.68. The molecule has 3 nitrogen and oxygen atoms in total. The molecule has 0 saturated heterocycles. The molecule has 1 aromatic rings. The minimum Gasteiger partial charge on any atom is -0.370 e. The molecule has 72 valence electrons. The van der Waals surface area contributed by atoms with Crippen molar-refractivity contribution in [3.63, 3.8) is 0 Å². The van der Waals surface area contributed by atoms with Gasteiger partial charge < -0.3 is 5.32 Å². The molecule has 0 saturated carbocycles. The van der Waals surface area contributed by atoms with E-state index in [1.165, 1.54) is 0 Å². The molecule has 0 fully saturated rings. The van der Waals surface area contributed by atoms with Gasteiger partial charge in [-0.2, -0.15) is 0 Å². The summed E-state index contributed by atoms with van der Waals surface area (Å²) in [7, 11) is 0. The van der Waals surface area contributed by atoms with E-state index in [0.717, 1.165) is 18.2 Å². The van der Waals surface area contributed by atoms with Gasteiger partial charge in [-0.15, -0.1) is 0 Å². The summed E-state index contributed by atoms with van der Waals surface area (Å²) < 4.78 is 0. The lowest BCUT2D eigenvalue weighted by atomic mass is 9.96. The van der Waals surface area contributed by atoms with Gasteiger partial charge in [-0.3, -0.25) is 0 Å². The second kappa shape index (κ2) is 3.73. The Bertz CT molecular complexity index is 276. The molecular formula is C10H17N3. The van der Waals surface area contributed by atoms with Gasteiger partial charge in [-0.1, -0.05) is 20.8 Å². The molecule has 0 atom stereocenters. The summed E-state index contributed by atoms with van der Waals surface area (Å²) in [5, 5.41) is 3.17. The highest BCUT2D eigenvalue weighted by molar-refractivity contribution is 5.33. The molecule has 0 aromatic carbocycles. The maximum Gasteiger partial charge on any atom is 0.135 e. The highest BCUT2D eigenvalue weighted by Gasteiger charge is 2.16. The van der Waals surface area contributed by atoms with E-state index in [1.54, 1.807) is 6.20 Å². The molecule has 0 spiro atoms. The largest absolute Gasteiger partial charge is 0.370 e. The number of anilines is 1. The van der Waals surface area contributed by atoms with Crippen LogP contribution in [0.4, 0.5) is 5.82 Å². The van der Waals surface area contributed by atoms with Crippen molar-refractivity contribution in [2.45, 2.75) is 33.1 Å². The van der Waals surface area contributed by atoms with Crippen LogP contribution in [0.3, 0.4) is 0 Å². The van der Waals surface area contributed by atoms with Gasteiger partial charge in [0.15, 0.2) is 0 Å². The first-order valence-electron chi connectivity index (χ1n) is 4.61. The van der Waals surface area contributed by atoms with Crippen LogP contribution in [-0.4, -0.2) is 16.5 Å². The third kappa shape index (κ3) is 2.68. The van der Waals surface area contributed by atoms with Crippen LogP contribution in [0.1, 0.15) is 33.5 Å². The lowest BCUT2D eigenvalue weighted by Crippen LogP contribution is -2.16. The highest BCUT2D eigenvalue weighted by Crippen LogP contribution is 2.18. The van der Waals surface area contributed by atoms with Crippen molar-refractivity contribution in [3.05, 3.63) is 18.1 Å². The fourth-order valence-corrected chi connectivity index (χ4v) is 1.000. The Morgan fingerprint density at radius 2 is 2.08 bits per heavy atom.